The van der Waals surface area contributed by atoms with Gasteiger partial charge >= 0.3 is 6.01 Å². The predicted molar refractivity (Wildman–Crippen MR) is 196 cm³/mol. The van der Waals surface area contributed by atoms with Gasteiger partial charge in [-0.25, -0.2) is 4.39 Å². The topological polar surface area (TPSA) is 129 Å². The van der Waals surface area contributed by atoms with Crippen LogP contribution in [0.15, 0.2) is 28.9 Å². The molecule has 5 aliphatic heterocycles. The third kappa shape index (κ3) is 6.56. The number of alkyl halides is 1. The second-order valence-electron chi connectivity index (χ2n) is 15.0. The molecule has 0 bridgehead atoms. The largest absolute Gasteiger partial charge is 0.461 e. The molecule has 4 saturated heterocycles. The van der Waals surface area contributed by atoms with Crippen LogP contribution >= 0.6 is 23.2 Å². The average Bonchev–Trinajstić information content (AvgIpc) is 3.69. The summed E-state index contributed by atoms with van der Waals surface area (Å²) in [6, 6.07) is 6.25. The number of aromatic nitrogens is 2. The minimum absolute atomic E-state index is 0.101. The fraction of sp³-hybridized carbons (Fsp3) is 0.583. The maximum atomic E-state index is 14.6. The molecule has 11 nitrogen and oxygen atoms in total. The first-order valence-corrected chi connectivity index (χ1v) is 20.8. The van der Waals surface area contributed by atoms with Crippen LogP contribution in [0.3, 0.4) is 0 Å². The summed E-state index contributed by atoms with van der Waals surface area (Å²) in [5, 5.41) is 11.6. The molecule has 1 amide bonds. The van der Waals surface area contributed by atoms with Gasteiger partial charge in [0.05, 0.1) is 36.5 Å². The van der Waals surface area contributed by atoms with E-state index in [1.165, 1.54) is 0 Å². The lowest BCUT2D eigenvalue weighted by molar-refractivity contribution is -0.605. The molecule has 8 rings (SSSR count). The number of quaternary nitrogens is 1. The molecule has 0 unspecified atom stereocenters. The number of nitrogens with zero attached hydrogens (tertiary/aromatic N) is 5. The Balaban J connectivity index is 1.11. The minimum atomic E-state index is -2.19. The number of amides is 1. The van der Waals surface area contributed by atoms with Crippen molar-refractivity contribution < 1.29 is 28.2 Å². The Bertz CT molecular complexity index is 1900. The van der Waals surface area contributed by atoms with Crippen molar-refractivity contribution in [1.29, 1.82) is 5.41 Å². The van der Waals surface area contributed by atoms with E-state index in [1.807, 2.05) is 17.4 Å². The molecule has 4 fully saturated rings. The van der Waals surface area contributed by atoms with Crippen molar-refractivity contribution in [3.05, 3.63) is 56.3 Å². The molecule has 0 saturated carbocycles. The molecule has 15 heteroatoms. The van der Waals surface area contributed by atoms with Crippen molar-refractivity contribution in [2.24, 2.45) is 0 Å². The predicted octanol–water partition coefficient (Wildman–Crippen LogP) is 2.80. The van der Waals surface area contributed by atoms with E-state index in [4.69, 9.17) is 48.1 Å². The summed E-state index contributed by atoms with van der Waals surface area (Å²) in [6.45, 7) is 4.20. The summed E-state index contributed by atoms with van der Waals surface area (Å²) in [4.78, 5) is 29.3. The number of carbonyl (C=O) groups excluding carboxylic acids is 1. The molecule has 6 heterocycles. The van der Waals surface area contributed by atoms with Gasteiger partial charge in [-0.3, -0.25) is 19.3 Å². The van der Waals surface area contributed by atoms with E-state index in [1.54, 1.807) is 4.90 Å². The Morgan fingerprint density at radius 3 is 2.82 bits per heavy atom. The molecule has 1 aliphatic carbocycles. The molecule has 51 heavy (non-hydrogen) atoms. The molecule has 274 valence electrons. The number of hydrogen-bond donors (Lipinski definition) is 2. The first-order valence-electron chi connectivity index (χ1n) is 18.0. The number of fused-ring (bicyclic) bond motifs is 4. The zero-order valence-electron chi connectivity index (χ0n) is 28.7. The molecule has 6 aliphatic rings. The second kappa shape index (κ2) is 13.6. The molecule has 2 aromatic rings. The van der Waals surface area contributed by atoms with Crippen LogP contribution in [0.2, 0.25) is 5.02 Å². The fourth-order valence-electron chi connectivity index (χ4n) is 8.96. The highest BCUT2D eigenvalue weighted by Crippen LogP contribution is 2.49. The van der Waals surface area contributed by atoms with Crippen molar-refractivity contribution in [3.63, 3.8) is 0 Å². The number of anilines is 1. The van der Waals surface area contributed by atoms with E-state index < -0.39 is 27.2 Å². The molecule has 1 spiro atoms. The third-order valence-electron chi connectivity index (χ3n) is 11.8. The smallest absolute Gasteiger partial charge is 0.318 e. The molecular weight excluding hydrogens is 716 g/mol. The van der Waals surface area contributed by atoms with E-state index in [2.05, 4.69) is 21.7 Å². The van der Waals surface area contributed by atoms with Crippen molar-refractivity contribution in [3.8, 4) is 6.01 Å². The first kappa shape index (κ1) is 35.2. The average molecular weight is 762 g/mol. The Kier molecular flexibility index (Phi) is 9.36. The van der Waals surface area contributed by atoms with Crippen LogP contribution in [0.25, 0.3) is 0 Å². The van der Waals surface area contributed by atoms with Gasteiger partial charge in [-0.2, -0.15) is 9.97 Å². The van der Waals surface area contributed by atoms with E-state index in [-0.39, 0.29) is 35.4 Å². The number of rotatable bonds is 6. The summed E-state index contributed by atoms with van der Waals surface area (Å²) in [5.41, 5.74) is 3.43. The summed E-state index contributed by atoms with van der Waals surface area (Å²) < 4.78 is 40.2. The van der Waals surface area contributed by atoms with Crippen molar-refractivity contribution in [2.75, 3.05) is 68.8 Å². The summed E-state index contributed by atoms with van der Waals surface area (Å²) in [6.07, 6.45) is 4.42. The van der Waals surface area contributed by atoms with Gasteiger partial charge in [-0.05, 0) is 64.8 Å². The third-order valence-corrected chi connectivity index (χ3v) is 14.4. The van der Waals surface area contributed by atoms with Crippen molar-refractivity contribution in [2.45, 2.75) is 68.9 Å². The molecule has 3 N–H and O–H groups in total. The summed E-state index contributed by atoms with van der Waals surface area (Å²) >= 11 is 13.5. The lowest BCUT2D eigenvalue weighted by Crippen LogP contribution is -2.83. The van der Waals surface area contributed by atoms with Gasteiger partial charge in [0.15, 0.2) is 0 Å². The SMILES string of the molecule is C=S1(=O)CCN(C(=O)C(=N)/C(Cl)=C2/CN(c3nc(OC[C@@]45CCCN4C[C@H](F)C5)nc4c3CO[C@@]3(CCc5c(Cl)cccc53)C4)CCC[NH2+]2)CC1. The maximum absolute atomic E-state index is 14.6. The Hall–Kier alpha value is -2.81. The standard InChI is InChI=1S/C36H44Cl2FN7O4S/c1-51(48)15-13-44(14-16-51)33(47)31(40)30(38)29-20-45(11-4-10-41-29)32-25-21-50-36(9-7-24-26(36)5-2-6-27(24)37)18-28(25)42-34(43-32)49-22-35-8-3-12-46(35)19-23(39)17-35/h2,5-6,23,40-41H,1,3-4,7-22H2/p+1/b30-29+,40-31?/t23-,35+,36+/m1/s1. The number of nitrogens with one attached hydrogen (secondary N) is 1. The Morgan fingerprint density at radius 2 is 2.00 bits per heavy atom. The molecule has 1 aromatic heterocycles. The maximum Gasteiger partial charge on any atom is 0.318 e. The van der Waals surface area contributed by atoms with Crippen LogP contribution in [0.5, 0.6) is 6.01 Å². The van der Waals surface area contributed by atoms with Gasteiger partial charge in [0.2, 0.25) is 0 Å². The van der Waals surface area contributed by atoms with Crippen LogP contribution in [-0.2, 0) is 44.1 Å². The van der Waals surface area contributed by atoms with Gasteiger partial charge in [-0.1, -0.05) is 35.3 Å². The Labute approximate surface area is 308 Å². The first-order chi connectivity index (χ1) is 24.5. The van der Waals surface area contributed by atoms with Crippen molar-refractivity contribution >= 4 is 56.0 Å². The molecule has 3 atom stereocenters. The minimum Gasteiger partial charge on any atom is -0.461 e. The second-order valence-corrected chi connectivity index (χ2v) is 18.5. The quantitative estimate of drug-likeness (QED) is 0.340. The van der Waals surface area contributed by atoms with E-state index in [0.717, 1.165) is 66.1 Å². The number of benzene rings is 1. The summed E-state index contributed by atoms with van der Waals surface area (Å²) in [5.74, 6) is 4.63. The molecular formula is C36H45Cl2FN7O4S+. The zero-order valence-corrected chi connectivity index (χ0v) is 31.1. The lowest BCUT2D eigenvalue weighted by atomic mass is 9.87. The van der Waals surface area contributed by atoms with Crippen molar-refractivity contribution in [1.82, 2.24) is 19.8 Å². The van der Waals surface area contributed by atoms with Gasteiger partial charge < -0.3 is 24.6 Å². The number of nitrogens with two attached hydrogens (primary N) is 1. The van der Waals surface area contributed by atoms with E-state index in [0.29, 0.717) is 75.3 Å². The molecule has 0 radical (unpaired) electrons. The Morgan fingerprint density at radius 1 is 1.18 bits per heavy atom. The van der Waals surface area contributed by atoms with Crippen LogP contribution in [-0.4, -0.2) is 117 Å². The van der Waals surface area contributed by atoms with Crippen LogP contribution < -0.4 is 15.0 Å². The zero-order chi connectivity index (χ0) is 35.5. The molecule has 1 aromatic carbocycles. The highest BCUT2D eigenvalue weighted by molar-refractivity contribution is 8.00. The fourth-order valence-corrected chi connectivity index (χ4v) is 10.8. The van der Waals surface area contributed by atoms with E-state index in [9.17, 15) is 13.4 Å². The van der Waals surface area contributed by atoms with E-state index >= 15 is 0 Å². The normalized spacial score (nSPS) is 29.7. The monoisotopic (exact) mass is 760 g/mol. The van der Waals surface area contributed by atoms with Crippen LogP contribution in [0.4, 0.5) is 10.2 Å². The number of carbonyl (C=O) groups is 1. The highest BCUT2D eigenvalue weighted by atomic mass is 35.5. The highest BCUT2D eigenvalue weighted by Gasteiger charge is 2.50. The number of hydrogen-bond acceptors (Lipinski definition) is 9. The van der Waals surface area contributed by atoms with Crippen LogP contribution in [0.1, 0.15) is 54.5 Å². The van der Waals surface area contributed by atoms with Gasteiger partial charge in [0, 0.05) is 67.5 Å². The number of halogens is 3. The lowest BCUT2D eigenvalue weighted by Gasteiger charge is -2.37. The van der Waals surface area contributed by atoms with Gasteiger partial charge in [-0.15, -0.1) is 0 Å². The summed E-state index contributed by atoms with van der Waals surface area (Å²) in [7, 11) is -2.19. The van der Waals surface area contributed by atoms with Gasteiger partial charge in [0.1, 0.15) is 35.0 Å². The van der Waals surface area contributed by atoms with Gasteiger partial charge in [0.25, 0.3) is 5.91 Å². The number of ether oxygens (including phenoxy) is 2. The van der Waals surface area contributed by atoms with Crippen LogP contribution in [0, 0.1) is 5.41 Å².